The number of aromatic nitrogens is 3. The number of halogens is 1. The maximum Gasteiger partial charge on any atom is 0.255 e. The van der Waals surface area contributed by atoms with Crippen LogP contribution >= 0.6 is 11.6 Å². The molecule has 0 bridgehead atoms. The number of aryl methyl sites for hydroxylation is 1. The standard InChI is InChI=1S/C20H21ClN4O2/c1-2-19-24-23-14-25(19)12-11-22-20(26)16-8-4-6-10-18(16)27-13-15-7-3-5-9-17(15)21/h3-10,14H,2,11-13H2,1H3,(H,22,26). The summed E-state index contributed by atoms with van der Waals surface area (Å²) in [5.41, 5.74) is 1.36. The van der Waals surface area contributed by atoms with Crippen LogP contribution in [0.1, 0.15) is 28.7 Å². The fraction of sp³-hybridized carbons (Fsp3) is 0.250. The van der Waals surface area contributed by atoms with Crippen molar-refractivity contribution in [1.82, 2.24) is 20.1 Å². The largest absolute Gasteiger partial charge is 0.488 e. The van der Waals surface area contributed by atoms with E-state index < -0.39 is 0 Å². The highest BCUT2D eigenvalue weighted by Crippen LogP contribution is 2.22. The van der Waals surface area contributed by atoms with Crippen molar-refractivity contribution >= 4 is 17.5 Å². The van der Waals surface area contributed by atoms with Gasteiger partial charge in [0, 0.05) is 30.1 Å². The maximum absolute atomic E-state index is 12.6. The summed E-state index contributed by atoms with van der Waals surface area (Å²) >= 11 is 6.16. The highest BCUT2D eigenvalue weighted by atomic mass is 35.5. The summed E-state index contributed by atoms with van der Waals surface area (Å²) < 4.78 is 7.77. The van der Waals surface area contributed by atoms with Gasteiger partial charge >= 0.3 is 0 Å². The zero-order valence-corrected chi connectivity index (χ0v) is 15.8. The molecule has 1 N–H and O–H groups in total. The summed E-state index contributed by atoms with van der Waals surface area (Å²) in [6.45, 7) is 3.41. The van der Waals surface area contributed by atoms with Gasteiger partial charge in [-0.15, -0.1) is 10.2 Å². The number of para-hydroxylation sites is 1. The average molecular weight is 385 g/mol. The minimum Gasteiger partial charge on any atom is -0.488 e. The smallest absolute Gasteiger partial charge is 0.255 e. The molecule has 1 aromatic heterocycles. The Hall–Kier alpha value is -2.86. The summed E-state index contributed by atoms with van der Waals surface area (Å²) in [4.78, 5) is 12.6. The Morgan fingerprint density at radius 3 is 2.78 bits per heavy atom. The molecule has 1 amide bonds. The molecule has 3 rings (SSSR count). The van der Waals surface area contributed by atoms with Gasteiger partial charge in [0.2, 0.25) is 0 Å². The van der Waals surface area contributed by atoms with Gasteiger partial charge in [-0.3, -0.25) is 4.79 Å². The van der Waals surface area contributed by atoms with Crippen LogP contribution in [0.5, 0.6) is 5.75 Å². The van der Waals surface area contributed by atoms with Crippen molar-refractivity contribution in [3.05, 3.63) is 76.8 Å². The van der Waals surface area contributed by atoms with E-state index in [1.165, 1.54) is 0 Å². The molecule has 140 valence electrons. The number of hydrogen-bond acceptors (Lipinski definition) is 4. The Balaban J connectivity index is 1.61. The third-order valence-electron chi connectivity index (χ3n) is 4.12. The van der Waals surface area contributed by atoms with E-state index in [9.17, 15) is 4.79 Å². The van der Waals surface area contributed by atoms with Crippen LogP contribution in [0, 0.1) is 0 Å². The average Bonchev–Trinajstić information content (AvgIpc) is 3.15. The Bertz CT molecular complexity index is 910. The maximum atomic E-state index is 12.6. The molecule has 0 fully saturated rings. The SMILES string of the molecule is CCc1nncn1CCNC(=O)c1ccccc1OCc1ccccc1Cl. The number of nitrogens with zero attached hydrogens (tertiary/aromatic N) is 3. The highest BCUT2D eigenvalue weighted by Gasteiger charge is 2.12. The number of carbonyl (C=O) groups excluding carboxylic acids is 1. The molecule has 0 radical (unpaired) electrons. The molecule has 3 aromatic rings. The topological polar surface area (TPSA) is 69.0 Å². The molecule has 0 aliphatic carbocycles. The lowest BCUT2D eigenvalue weighted by Crippen LogP contribution is -2.28. The van der Waals surface area contributed by atoms with E-state index in [2.05, 4.69) is 15.5 Å². The van der Waals surface area contributed by atoms with E-state index in [0.29, 0.717) is 36.0 Å². The van der Waals surface area contributed by atoms with Crippen molar-refractivity contribution < 1.29 is 9.53 Å². The van der Waals surface area contributed by atoms with E-state index in [1.54, 1.807) is 18.5 Å². The Kier molecular flexibility index (Phi) is 6.44. The third kappa shape index (κ3) is 4.86. The predicted octanol–water partition coefficient (Wildman–Crippen LogP) is 3.50. The van der Waals surface area contributed by atoms with Crippen molar-refractivity contribution in [2.24, 2.45) is 0 Å². The first kappa shape index (κ1) is 18.9. The lowest BCUT2D eigenvalue weighted by Gasteiger charge is -2.13. The number of benzene rings is 2. The molecule has 0 saturated carbocycles. The molecule has 0 unspecified atom stereocenters. The molecule has 0 spiro atoms. The Morgan fingerprint density at radius 2 is 1.96 bits per heavy atom. The lowest BCUT2D eigenvalue weighted by molar-refractivity contribution is 0.0947. The van der Waals surface area contributed by atoms with Crippen LogP contribution in [-0.4, -0.2) is 27.2 Å². The van der Waals surface area contributed by atoms with Crippen LogP contribution in [0.2, 0.25) is 5.02 Å². The zero-order chi connectivity index (χ0) is 19.1. The monoisotopic (exact) mass is 384 g/mol. The van der Waals surface area contributed by atoms with Gasteiger partial charge in [-0.1, -0.05) is 48.9 Å². The van der Waals surface area contributed by atoms with Crippen LogP contribution in [-0.2, 0) is 19.6 Å². The van der Waals surface area contributed by atoms with Crippen LogP contribution in [0.4, 0.5) is 0 Å². The van der Waals surface area contributed by atoms with Gasteiger partial charge in [0.25, 0.3) is 5.91 Å². The van der Waals surface area contributed by atoms with Crippen LogP contribution in [0.15, 0.2) is 54.9 Å². The van der Waals surface area contributed by atoms with E-state index >= 15 is 0 Å². The summed E-state index contributed by atoms with van der Waals surface area (Å²) in [6, 6.07) is 14.7. The number of nitrogens with one attached hydrogen (secondary N) is 1. The van der Waals surface area contributed by atoms with Gasteiger partial charge in [0.15, 0.2) is 0 Å². The molecular formula is C20H21ClN4O2. The Labute approximate surface area is 163 Å². The first-order valence-electron chi connectivity index (χ1n) is 8.79. The second-order valence-electron chi connectivity index (χ2n) is 5.93. The Morgan fingerprint density at radius 1 is 1.19 bits per heavy atom. The number of amides is 1. The van der Waals surface area contributed by atoms with Crippen molar-refractivity contribution in [2.75, 3.05) is 6.54 Å². The van der Waals surface area contributed by atoms with Crippen molar-refractivity contribution in [1.29, 1.82) is 0 Å². The highest BCUT2D eigenvalue weighted by molar-refractivity contribution is 6.31. The number of ether oxygens (including phenoxy) is 1. The lowest BCUT2D eigenvalue weighted by atomic mass is 10.2. The number of hydrogen-bond donors (Lipinski definition) is 1. The van der Waals surface area contributed by atoms with Gasteiger partial charge in [0.05, 0.1) is 5.56 Å². The summed E-state index contributed by atoms with van der Waals surface area (Å²) in [6.07, 6.45) is 2.47. The molecule has 0 aliphatic heterocycles. The first-order chi connectivity index (χ1) is 13.2. The summed E-state index contributed by atoms with van der Waals surface area (Å²) in [5.74, 6) is 1.23. The fourth-order valence-corrected chi connectivity index (χ4v) is 2.87. The molecule has 27 heavy (non-hydrogen) atoms. The van der Waals surface area contributed by atoms with Crippen LogP contribution in [0.25, 0.3) is 0 Å². The minimum atomic E-state index is -0.184. The summed E-state index contributed by atoms with van der Waals surface area (Å²) in [7, 11) is 0. The summed E-state index contributed by atoms with van der Waals surface area (Å²) in [5, 5.41) is 11.5. The molecular weight excluding hydrogens is 364 g/mol. The van der Waals surface area contributed by atoms with Gasteiger partial charge in [-0.25, -0.2) is 0 Å². The second-order valence-corrected chi connectivity index (χ2v) is 6.33. The van der Waals surface area contributed by atoms with Crippen LogP contribution in [0.3, 0.4) is 0 Å². The molecule has 7 heteroatoms. The second kappa shape index (κ2) is 9.19. The molecule has 0 atom stereocenters. The predicted molar refractivity (Wildman–Crippen MR) is 104 cm³/mol. The minimum absolute atomic E-state index is 0.184. The van der Waals surface area contributed by atoms with Gasteiger partial charge in [0.1, 0.15) is 24.5 Å². The van der Waals surface area contributed by atoms with Crippen molar-refractivity contribution in [3.8, 4) is 5.75 Å². The van der Waals surface area contributed by atoms with E-state index in [4.69, 9.17) is 16.3 Å². The van der Waals surface area contributed by atoms with E-state index in [0.717, 1.165) is 17.8 Å². The van der Waals surface area contributed by atoms with Crippen molar-refractivity contribution in [2.45, 2.75) is 26.5 Å². The van der Waals surface area contributed by atoms with Gasteiger partial charge < -0.3 is 14.6 Å². The molecule has 6 nitrogen and oxygen atoms in total. The van der Waals surface area contributed by atoms with Gasteiger partial charge in [-0.05, 0) is 18.2 Å². The molecule has 2 aromatic carbocycles. The van der Waals surface area contributed by atoms with E-state index in [1.807, 2.05) is 47.9 Å². The van der Waals surface area contributed by atoms with E-state index in [-0.39, 0.29) is 5.91 Å². The fourth-order valence-electron chi connectivity index (χ4n) is 2.68. The van der Waals surface area contributed by atoms with Gasteiger partial charge in [-0.2, -0.15) is 0 Å². The third-order valence-corrected chi connectivity index (χ3v) is 4.49. The zero-order valence-electron chi connectivity index (χ0n) is 15.1. The molecule has 0 saturated heterocycles. The van der Waals surface area contributed by atoms with Crippen molar-refractivity contribution in [3.63, 3.8) is 0 Å². The molecule has 1 heterocycles. The number of rotatable bonds is 8. The normalized spacial score (nSPS) is 10.6. The van der Waals surface area contributed by atoms with Crippen LogP contribution < -0.4 is 10.1 Å². The quantitative estimate of drug-likeness (QED) is 0.645. The first-order valence-corrected chi connectivity index (χ1v) is 9.17. The number of carbonyl (C=O) groups is 1. The molecule has 0 aliphatic rings.